The first-order valence-electron chi connectivity index (χ1n) is 6.75. The molecule has 1 aromatic carbocycles. The average Bonchev–Trinajstić information content (AvgIpc) is 3.09. The molecule has 6 heteroatoms. The van der Waals surface area contributed by atoms with Crippen LogP contribution < -0.4 is 0 Å². The second-order valence-corrected chi connectivity index (χ2v) is 7.63. The highest BCUT2D eigenvalue weighted by Gasteiger charge is 2.35. The average molecular weight is 337 g/mol. The topological polar surface area (TPSA) is 35.8 Å². The van der Waals surface area contributed by atoms with Gasteiger partial charge in [-0.2, -0.15) is 0 Å². The van der Waals surface area contributed by atoms with Crippen LogP contribution in [0.25, 0.3) is 15.8 Å². The molecule has 0 amide bonds. The third-order valence-electron chi connectivity index (χ3n) is 3.60. The number of aliphatic imine (C=N–C) groups is 1. The maximum absolute atomic E-state index is 10.1. The molecule has 1 unspecified atom stereocenters. The Balaban J connectivity index is 1.88. The monoisotopic (exact) mass is 336 g/mol. The van der Waals surface area contributed by atoms with Crippen molar-refractivity contribution in [3.8, 4) is 0 Å². The smallest absolute Gasteiger partial charge is 0.168 e. The predicted molar refractivity (Wildman–Crippen MR) is 92.0 cm³/mol. The number of benzene rings is 1. The number of aliphatic hydroxyl groups excluding tert-OH is 1. The van der Waals surface area contributed by atoms with E-state index in [1.54, 1.807) is 23.1 Å². The Morgan fingerprint density at radius 3 is 3.05 bits per heavy atom. The number of thioether (sulfide) groups is 1. The summed E-state index contributed by atoms with van der Waals surface area (Å²) < 4.78 is 1.21. The summed E-state index contributed by atoms with van der Waals surface area (Å²) in [6.07, 6.45) is -0.480. The van der Waals surface area contributed by atoms with Crippen molar-refractivity contribution in [1.82, 2.24) is 4.90 Å². The van der Waals surface area contributed by atoms with E-state index in [4.69, 9.17) is 11.6 Å². The van der Waals surface area contributed by atoms with Gasteiger partial charge in [0.1, 0.15) is 0 Å². The number of aliphatic hydroxyl groups is 1. The van der Waals surface area contributed by atoms with Gasteiger partial charge in [0.2, 0.25) is 0 Å². The van der Waals surface area contributed by atoms with E-state index in [-0.39, 0.29) is 0 Å². The van der Waals surface area contributed by atoms with E-state index in [1.807, 2.05) is 19.1 Å². The minimum atomic E-state index is -0.480. The zero-order valence-electron chi connectivity index (χ0n) is 11.3. The molecule has 3 heterocycles. The summed E-state index contributed by atoms with van der Waals surface area (Å²) in [4.78, 5) is 8.89. The fourth-order valence-corrected chi connectivity index (χ4v) is 5.16. The molecule has 2 aliphatic heterocycles. The summed E-state index contributed by atoms with van der Waals surface area (Å²) in [6, 6.07) is 8.11. The van der Waals surface area contributed by atoms with Crippen LogP contribution in [0.3, 0.4) is 0 Å². The van der Waals surface area contributed by atoms with Gasteiger partial charge in [-0.15, -0.1) is 11.3 Å². The summed E-state index contributed by atoms with van der Waals surface area (Å²) in [5.74, 6) is 0. The fraction of sp³-hybridized carbons (Fsp3) is 0.267. The maximum Gasteiger partial charge on any atom is 0.168 e. The number of rotatable bonds is 2. The van der Waals surface area contributed by atoms with Gasteiger partial charge < -0.3 is 10.0 Å². The molecule has 21 heavy (non-hydrogen) atoms. The van der Waals surface area contributed by atoms with Crippen LogP contribution in [-0.2, 0) is 0 Å². The first-order valence-corrected chi connectivity index (χ1v) is 8.76. The molecule has 2 aromatic rings. The molecule has 0 saturated carbocycles. The van der Waals surface area contributed by atoms with Gasteiger partial charge in [0.25, 0.3) is 0 Å². The van der Waals surface area contributed by atoms with Crippen molar-refractivity contribution in [2.75, 3.05) is 13.1 Å². The number of thiophene rings is 1. The van der Waals surface area contributed by atoms with Crippen LogP contribution in [0.4, 0.5) is 0 Å². The van der Waals surface area contributed by atoms with Crippen molar-refractivity contribution in [3.63, 3.8) is 0 Å². The first-order chi connectivity index (χ1) is 10.1. The van der Waals surface area contributed by atoms with Crippen LogP contribution in [0.1, 0.15) is 11.8 Å². The Morgan fingerprint density at radius 1 is 1.38 bits per heavy atom. The molecule has 1 atom stereocenters. The number of hydrogen-bond acceptors (Lipinski definition) is 5. The number of halogens is 1. The second-order valence-electron chi connectivity index (χ2n) is 5.10. The standard InChI is InChI=1S/C15H13ClN2OS2/c1-8(19)14-13(18-5-4-17-15(18)21-14)12-7-9-6-10(16)2-3-11(9)20-12/h2-3,6-8,19H,4-5H2,1H3. The van der Waals surface area contributed by atoms with Crippen molar-refractivity contribution in [3.05, 3.63) is 39.1 Å². The number of amidine groups is 1. The predicted octanol–water partition coefficient (Wildman–Crippen LogP) is 4.02. The van der Waals surface area contributed by atoms with Crippen LogP contribution in [0.2, 0.25) is 5.02 Å². The van der Waals surface area contributed by atoms with Crippen LogP contribution >= 0.6 is 34.7 Å². The Kier molecular flexibility index (Phi) is 3.26. The minimum Gasteiger partial charge on any atom is -0.388 e. The molecule has 1 aromatic heterocycles. The van der Waals surface area contributed by atoms with E-state index in [0.29, 0.717) is 0 Å². The van der Waals surface area contributed by atoms with Crippen molar-refractivity contribution < 1.29 is 5.11 Å². The molecule has 0 bridgehead atoms. The largest absolute Gasteiger partial charge is 0.388 e. The Hall–Kier alpha value is -1.01. The van der Waals surface area contributed by atoms with Crippen LogP contribution in [0, 0.1) is 0 Å². The lowest BCUT2D eigenvalue weighted by Gasteiger charge is -2.16. The van der Waals surface area contributed by atoms with E-state index in [0.717, 1.165) is 39.3 Å². The molecule has 0 fully saturated rings. The summed E-state index contributed by atoms with van der Waals surface area (Å²) in [6.45, 7) is 3.54. The van der Waals surface area contributed by atoms with Crippen LogP contribution in [0.5, 0.6) is 0 Å². The van der Waals surface area contributed by atoms with Gasteiger partial charge in [-0.05, 0) is 36.6 Å². The lowest BCUT2D eigenvalue weighted by molar-refractivity contribution is 0.240. The fourth-order valence-electron chi connectivity index (χ4n) is 2.67. The van der Waals surface area contributed by atoms with Crippen molar-refractivity contribution in [1.29, 1.82) is 0 Å². The van der Waals surface area contributed by atoms with Crippen LogP contribution in [-0.4, -0.2) is 34.4 Å². The zero-order chi connectivity index (χ0) is 14.6. The SMILES string of the molecule is CC(O)C1=C(c2cc3cc(Cl)ccc3s2)N2CCN=C2S1. The highest BCUT2D eigenvalue weighted by Crippen LogP contribution is 2.46. The van der Waals surface area contributed by atoms with Gasteiger partial charge in [0.15, 0.2) is 5.17 Å². The Labute approximate surface area is 135 Å². The highest BCUT2D eigenvalue weighted by atomic mass is 35.5. The summed E-state index contributed by atoms with van der Waals surface area (Å²) in [5, 5.41) is 13.0. The third-order valence-corrected chi connectivity index (χ3v) is 6.24. The molecule has 4 rings (SSSR count). The summed E-state index contributed by atoms with van der Waals surface area (Å²) >= 11 is 9.40. The molecule has 1 N–H and O–H groups in total. The highest BCUT2D eigenvalue weighted by molar-refractivity contribution is 8.17. The van der Waals surface area contributed by atoms with E-state index < -0.39 is 6.10 Å². The van der Waals surface area contributed by atoms with Gasteiger partial charge in [0, 0.05) is 21.2 Å². The first kappa shape index (κ1) is 13.6. The molecule has 3 nitrogen and oxygen atoms in total. The molecule has 0 saturated heterocycles. The molecule has 2 aliphatic rings. The maximum atomic E-state index is 10.1. The molecule has 108 valence electrons. The third kappa shape index (κ3) is 2.19. The van der Waals surface area contributed by atoms with Crippen molar-refractivity contribution in [2.24, 2.45) is 4.99 Å². The van der Waals surface area contributed by atoms with Crippen LogP contribution in [0.15, 0.2) is 34.2 Å². The van der Waals surface area contributed by atoms with E-state index in [9.17, 15) is 5.11 Å². The lowest BCUT2D eigenvalue weighted by atomic mass is 10.2. The van der Waals surface area contributed by atoms with E-state index in [1.165, 1.54) is 9.58 Å². The summed E-state index contributed by atoms with van der Waals surface area (Å²) in [7, 11) is 0. The van der Waals surface area contributed by atoms with E-state index in [2.05, 4.69) is 22.0 Å². The van der Waals surface area contributed by atoms with Gasteiger partial charge in [-0.25, -0.2) is 0 Å². The van der Waals surface area contributed by atoms with E-state index >= 15 is 0 Å². The number of hydrogen-bond donors (Lipinski definition) is 1. The lowest BCUT2D eigenvalue weighted by Crippen LogP contribution is -2.19. The van der Waals surface area contributed by atoms with Gasteiger partial charge >= 0.3 is 0 Å². The normalized spacial score (nSPS) is 19.4. The number of nitrogens with zero attached hydrogens (tertiary/aromatic N) is 2. The molecule has 0 radical (unpaired) electrons. The van der Waals surface area contributed by atoms with Crippen molar-refractivity contribution in [2.45, 2.75) is 13.0 Å². The van der Waals surface area contributed by atoms with Gasteiger partial charge in [-0.3, -0.25) is 4.99 Å². The Bertz CT molecular complexity index is 794. The molecule has 0 spiro atoms. The zero-order valence-corrected chi connectivity index (χ0v) is 13.7. The molecular formula is C15H13ClN2OS2. The minimum absolute atomic E-state index is 0.480. The summed E-state index contributed by atoms with van der Waals surface area (Å²) in [5.41, 5.74) is 1.11. The Morgan fingerprint density at radius 2 is 2.24 bits per heavy atom. The van der Waals surface area contributed by atoms with Gasteiger partial charge in [0.05, 0.1) is 23.2 Å². The van der Waals surface area contributed by atoms with Crippen molar-refractivity contribution >= 4 is 55.7 Å². The molecule has 0 aliphatic carbocycles. The second kappa shape index (κ2) is 5.02. The number of fused-ring (bicyclic) bond motifs is 2. The van der Waals surface area contributed by atoms with Gasteiger partial charge in [-0.1, -0.05) is 23.4 Å². The quantitative estimate of drug-likeness (QED) is 0.899. The molecular weight excluding hydrogens is 324 g/mol.